The van der Waals surface area contributed by atoms with E-state index in [9.17, 15) is 4.79 Å². The van der Waals surface area contributed by atoms with E-state index in [4.69, 9.17) is 15.3 Å². The predicted molar refractivity (Wildman–Crippen MR) is 74.7 cm³/mol. The molecule has 0 atom stereocenters. The molecule has 1 rings (SSSR count). The van der Waals surface area contributed by atoms with Crippen molar-refractivity contribution in [2.24, 2.45) is 11.8 Å². The van der Waals surface area contributed by atoms with Crippen LogP contribution in [0.5, 0.6) is 11.5 Å². The van der Waals surface area contributed by atoms with E-state index >= 15 is 0 Å². The van der Waals surface area contributed by atoms with Crippen molar-refractivity contribution < 1.29 is 14.3 Å². The molecule has 0 spiro atoms. The van der Waals surface area contributed by atoms with Crippen molar-refractivity contribution in [2.75, 3.05) is 13.7 Å². The highest BCUT2D eigenvalue weighted by molar-refractivity contribution is 5.91. The summed E-state index contributed by atoms with van der Waals surface area (Å²) in [4.78, 5) is 11.0. The molecule has 0 aliphatic rings. The van der Waals surface area contributed by atoms with E-state index in [1.165, 1.54) is 6.08 Å². The van der Waals surface area contributed by atoms with Gasteiger partial charge in [-0.25, -0.2) is 5.84 Å². The average molecular weight is 264 g/mol. The van der Waals surface area contributed by atoms with Gasteiger partial charge in [-0.1, -0.05) is 19.9 Å². The summed E-state index contributed by atoms with van der Waals surface area (Å²) in [5.74, 6) is 6.40. The topological polar surface area (TPSA) is 73.6 Å². The van der Waals surface area contributed by atoms with Crippen LogP contribution in [0.1, 0.15) is 19.4 Å². The maximum absolute atomic E-state index is 11.0. The van der Waals surface area contributed by atoms with E-state index in [0.29, 0.717) is 24.0 Å². The van der Waals surface area contributed by atoms with E-state index in [2.05, 4.69) is 13.8 Å². The van der Waals surface area contributed by atoms with Gasteiger partial charge in [0.25, 0.3) is 5.91 Å². The fourth-order valence-corrected chi connectivity index (χ4v) is 1.38. The second-order valence-corrected chi connectivity index (χ2v) is 4.46. The molecule has 0 radical (unpaired) electrons. The molecular weight excluding hydrogens is 244 g/mol. The van der Waals surface area contributed by atoms with E-state index in [0.717, 1.165) is 5.56 Å². The summed E-state index contributed by atoms with van der Waals surface area (Å²) >= 11 is 0. The van der Waals surface area contributed by atoms with Crippen LogP contribution in [0.15, 0.2) is 24.3 Å². The standard InChI is InChI=1S/C14H20N2O3/c1-10(2)9-19-12-6-4-11(8-13(12)18-3)5-7-14(17)16-15/h4-8,10H,9,15H2,1-3H3,(H,16,17). The third-order valence-electron chi connectivity index (χ3n) is 2.33. The number of benzene rings is 1. The lowest BCUT2D eigenvalue weighted by Gasteiger charge is -2.12. The van der Waals surface area contributed by atoms with Crippen LogP contribution in [0.2, 0.25) is 0 Å². The number of ether oxygens (including phenoxy) is 2. The smallest absolute Gasteiger partial charge is 0.257 e. The van der Waals surface area contributed by atoms with Gasteiger partial charge in [-0.3, -0.25) is 10.2 Å². The van der Waals surface area contributed by atoms with Crippen LogP contribution in [0.25, 0.3) is 6.08 Å². The van der Waals surface area contributed by atoms with Gasteiger partial charge in [-0.15, -0.1) is 0 Å². The van der Waals surface area contributed by atoms with Crippen molar-refractivity contribution >= 4 is 12.0 Å². The number of rotatable bonds is 6. The average Bonchev–Trinajstić information content (AvgIpc) is 2.42. The molecule has 0 aliphatic carbocycles. The molecule has 1 aromatic rings. The molecule has 0 heterocycles. The van der Waals surface area contributed by atoms with Crippen LogP contribution in [0.4, 0.5) is 0 Å². The van der Waals surface area contributed by atoms with Crippen molar-refractivity contribution in [2.45, 2.75) is 13.8 Å². The summed E-state index contributed by atoms with van der Waals surface area (Å²) in [5.41, 5.74) is 2.86. The number of hydrogen-bond acceptors (Lipinski definition) is 4. The first-order chi connectivity index (χ1) is 9.06. The summed E-state index contributed by atoms with van der Waals surface area (Å²) in [6, 6.07) is 5.47. The molecule has 0 aromatic heterocycles. The maximum Gasteiger partial charge on any atom is 0.257 e. The van der Waals surface area contributed by atoms with Gasteiger partial charge in [0, 0.05) is 6.08 Å². The number of nitrogens with two attached hydrogens (primary N) is 1. The fraction of sp³-hybridized carbons (Fsp3) is 0.357. The first-order valence-corrected chi connectivity index (χ1v) is 6.06. The molecular formula is C14H20N2O3. The van der Waals surface area contributed by atoms with Crippen LogP contribution in [0, 0.1) is 5.92 Å². The lowest BCUT2D eigenvalue weighted by Crippen LogP contribution is -2.27. The summed E-state index contributed by atoms with van der Waals surface area (Å²) in [5, 5.41) is 0. The minimum atomic E-state index is -0.362. The number of carbonyl (C=O) groups is 1. The molecule has 5 heteroatoms. The summed E-state index contributed by atoms with van der Waals surface area (Å²) in [7, 11) is 1.58. The van der Waals surface area contributed by atoms with Gasteiger partial charge in [0.1, 0.15) is 0 Å². The molecule has 0 saturated carbocycles. The Morgan fingerprint density at radius 3 is 2.74 bits per heavy atom. The zero-order chi connectivity index (χ0) is 14.3. The monoisotopic (exact) mass is 264 g/mol. The summed E-state index contributed by atoms with van der Waals surface area (Å²) in [6.45, 7) is 4.78. The van der Waals surface area contributed by atoms with E-state index in [-0.39, 0.29) is 5.91 Å². The van der Waals surface area contributed by atoms with Gasteiger partial charge in [-0.2, -0.15) is 0 Å². The van der Waals surface area contributed by atoms with Gasteiger partial charge in [0.05, 0.1) is 13.7 Å². The Bertz CT molecular complexity index is 456. The first-order valence-electron chi connectivity index (χ1n) is 6.06. The second-order valence-electron chi connectivity index (χ2n) is 4.46. The molecule has 104 valence electrons. The fourth-order valence-electron chi connectivity index (χ4n) is 1.38. The van der Waals surface area contributed by atoms with Crippen molar-refractivity contribution in [1.82, 2.24) is 5.43 Å². The third kappa shape index (κ3) is 5.01. The van der Waals surface area contributed by atoms with E-state index in [1.807, 2.05) is 17.6 Å². The number of nitrogens with one attached hydrogen (secondary N) is 1. The van der Waals surface area contributed by atoms with Crippen LogP contribution in [-0.2, 0) is 4.79 Å². The van der Waals surface area contributed by atoms with Crippen LogP contribution >= 0.6 is 0 Å². The molecule has 1 amide bonds. The largest absolute Gasteiger partial charge is 0.493 e. The Hall–Kier alpha value is -2.01. The number of amides is 1. The van der Waals surface area contributed by atoms with Gasteiger partial charge in [0.2, 0.25) is 0 Å². The maximum atomic E-state index is 11.0. The number of carbonyl (C=O) groups excluding carboxylic acids is 1. The lowest BCUT2D eigenvalue weighted by molar-refractivity contribution is -0.116. The zero-order valence-electron chi connectivity index (χ0n) is 11.5. The molecule has 1 aromatic carbocycles. The minimum absolute atomic E-state index is 0.362. The first kappa shape index (κ1) is 15.0. The zero-order valence-corrected chi connectivity index (χ0v) is 11.5. The Kier molecular flexibility index (Phi) is 5.89. The molecule has 3 N–H and O–H groups in total. The number of methoxy groups -OCH3 is 1. The Balaban J connectivity index is 2.83. The molecule has 0 bridgehead atoms. The van der Waals surface area contributed by atoms with E-state index < -0.39 is 0 Å². The molecule has 19 heavy (non-hydrogen) atoms. The second kappa shape index (κ2) is 7.43. The van der Waals surface area contributed by atoms with Crippen molar-refractivity contribution in [3.8, 4) is 11.5 Å². The Labute approximate surface area is 113 Å². The highest BCUT2D eigenvalue weighted by Crippen LogP contribution is 2.28. The molecule has 0 aliphatic heterocycles. The lowest BCUT2D eigenvalue weighted by atomic mass is 10.2. The van der Waals surface area contributed by atoms with Gasteiger partial charge < -0.3 is 9.47 Å². The van der Waals surface area contributed by atoms with Gasteiger partial charge in [-0.05, 0) is 29.7 Å². The van der Waals surface area contributed by atoms with Crippen LogP contribution < -0.4 is 20.7 Å². The molecule has 0 saturated heterocycles. The molecule has 5 nitrogen and oxygen atoms in total. The summed E-state index contributed by atoms with van der Waals surface area (Å²) < 4.78 is 10.9. The highest BCUT2D eigenvalue weighted by Gasteiger charge is 2.06. The molecule has 0 unspecified atom stereocenters. The van der Waals surface area contributed by atoms with E-state index in [1.54, 1.807) is 19.3 Å². The predicted octanol–water partition coefficient (Wildman–Crippen LogP) is 1.73. The summed E-state index contributed by atoms with van der Waals surface area (Å²) in [6.07, 6.45) is 3.00. The Morgan fingerprint density at radius 1 is 1.42 bits per heavy atom. The minimum Gasteiger partial charge on any atom is -0.493 e. The van der Waals surface area contributed by atoms with Crippen LogP contribution in [-0.4, -0.2) is 19.6 Å². The Morgan fingerprint density at radius 2 is 2.16 bits per heavy atom. The van der Waals surface area contributed by atoms with Crippen molar-refractivity contribution in [3.63, 3.8) is 0 Å². The number of hydrazine groups is 1. The normalized spacial score (nSPS) is 10.8. The van der Waals surface area contributed by atoms with Gasteiger partial charge >= 0.3 is 0 Å². The van der Waals surface area contributed by atoms with Gasteiger partial charge in [0.15, 0.2) is 11.5 Å². The quantitative estimate of drug-likeness (QED) is 0.355. The third-order valence-corrected chi connectivity index (χ3v) is 2.33. The SMILES string of the molecule is COc1cc(C=CC(=O)NN)ccc1OCC(C)C. The highest BCUT2D eigenvalue weighted by atomic mass is 16.5. The van der Waals surface area contributed by atoms with Crippen molar-refractivity contribution in [3.05, 3.63) is 29.8 Å². The molecule has 0 fully saturated rings. The van der Waals surface area contributed by atoms with Crippen molar-refractivity contribution in [1.29, 1.82) is 0 Å². The number of hydrogen-bond donors (Lipinski definition) is 2. The van der Waals surface area contributed by atoms with Crippen LogP contribution in [0.3, 0.4) is 0 Å².